The molecule has 4 nitrogen and oxygen atoms in total. The summed E-state index contributed by atoms with van der Waals surface area (Å²) in [5, 5.41) is 9.07. The highest BCUT2D eigenvalue weighted by Crippen LogP contribution is 2.35. The van der Waals surface area contributed by atoms with Crippen molar-refractivity contribution in [3.8, 4) is 0 Å². The van der Waals surface area contributed by atoms with Crippen molar-refractivity contribution in [3.63, 3.8) is 0 Å². The molecule has 1 aliphatic carbocycles. The van der Waals surface area contributed by atoms with E-state index in [4.69, 9.17) is 9.84 Å². The zero-order valence-corrected chi connectivity index (χ0v) is 9.52. The predicted octanol–water partition coefficient (Wildman–Crippen LogP) is 1.85. The molecule has 90 valence electrons. The van der Waals surface area contributed by atoms with Crippen molar-refractivity contribution < 1.29 is 19.4 Å². The van der Waals surface area contributed by atoms with Gasteiger partial charge in [0.15, 0.2) is 0 Å². The number of carboxylic acids is 1. The largest absolute Gasteiger partial charge is 0.481 e. The fraction of sp³-hybridized carbons (Fsp3) is 0.667. The molecule has 1 rings (SSSR count). The van der Waals surface area contributed by atoms with Crippen molar-refractivity contribution in [3.05, 3.63) is 12.7 Å². The van der Waals surface area contributed by atoms with E-state index in [9.17, 15) is 9.59 Å². The first-order chi connectivity index (χ1) is 7.57. The topological polar surface area (TPSA) is 63.6 Å². The first-order valence-electron chi connectivity index (χ1n) is 5.58. The maximum Gasteiger partial charge on any atom is 0.310 e. The van der Waals surface area contributed by atoms with Crippen LogP contribution in [0.5, 0.6) is 0 Å². The van der Waals surface area contributed by atoms with Gasteiger partial charge in [0, 0.05) is 0 Å². The normalized spacial score (nSPS) is 29.4. The van der Waals surface area contributed by atoms with Gasteiger partial charge in [-0.25, -0.2) is 0 Å². The Morgan fingerprint density at radius 3 is 2.75 bits per heavy atom. The van der Waals surface area contributed by atoms with Gasteiger partial charge in [-0.1, -0.05) is 26.0 Å². The molecule has 3 unspecified atom stereocenters. The molecule has 0 aromatic heterocycles. The Morgan fingerprint density at radius 1 is 1.50 bits per heavy atom. The Hall–Kier alpha value is -1.32. The average molecular weight is 226 g/mol. The van der Waals surface area contributed by atoms with Gasteiger partial charge < -0.3 is 9.84 Å². The number of carbonyl (C=O) groups excluding carboxylic acids is 1. The summed E-state index contributed by atoms with van der Waals surface area (Å²) in [5.41, 5.74) is 0. The molecule has 0 saturated heterocycles. The SMILES string of the molecule is C=CCOC(=O)C1C(C)CCCC1C(=O)O. The van der Waals surface area contributed by atoms with Crippen LogP contribution in [0.2, 0.25) is 0 Å². The van der Waals surface area contributed by atoms with Crippen molar-refractivity contribution in [1.29, 1.82) is 0 Å². The van der Waals surface area contributed by atoms with Gasteiger partial charge in [-0.2, -0.15) is 0 Å². The molecule has 4 heteroatoms. The Kier molecular flexibility index (Phi) is 4.52. The van der Waals surface area contributed by atoms with Gasteiger partial charge in [0.25, 0.3) is 0 Å². The lowest BCUT2D eigenvalue weighted by molar-refractivity contribution is -0.161. The molecule has 1 aliphatic rings. The van der Waals surface area contributed by atoms with Crippen molar-refractivity contribution in [2.45, 2.75) is 26.2 Å². The summed E-state index contributed by atoms with van der Waals surface area (Å²) >= 11 is 0. The number of carboxylic acid groups (broad SMARTS) is 1. The monoisotopic (exact) mass is 226 g/mol. The summed E-state index contributed by atoms with van der Waals surface area (Å²) in [6, 6.07) is 0. The minimum atomic E-state index is -0.896. The first kappa shape index (κ1) is 12.7. The molecule has 1 fully saturated rings. The van der Waals surface area contributed by atoms with Crippen molar-refractivity contribution in [1.82, 2.24) is 0 Å². The fourth-order valence-electron chi connectivity index (χ4n) is 2.33. The second-order valence-electron chi connectivity index (χ2n) is 4.30. The maximum atomic E-state index is 11.7. The van der Waals surface area contributed by atoms with Crippen LogP contribution in [0, 0.1) is 17.8 Å². The van der Waals surface area contributed by atoms with Gasteiger partial charge >= 0.3 is 11.9 Å². The van der Waals surface area contributed by atoms with E-state index in [1.807, 2.05) is 6.92 Å². The van der Waals surface area contributed by atoms with E-state index in [1.165, 1.54) is 6.08 Å². The van der Waals surface area contributed by atoms with E-state index < -0.39 is 23.8 Å². The third kappa shape index (κ3) is 2.84. The van der Waals surface area contributed by atoms with E-state index in [-0.39, 0.29) is 12.5 Å². The maximum absolute atomic E-state index is 11.7. The van der Waals surface area contributed by atoms with Gasteiger partial charge in [-0.3, -0.25) is 9.59 Å². The average Bonchev–Trinajstić information content (AvgIpc) is 2.25. The Bertz CT molecular complexity index is 285. The number of aliphatic carboxylic acids is 1. The van der Waals surface area contributed by atoms with E-state index >= 15 is 0 Å². The highest BCUT2D eigenvalue weighted by Gasteiger charge is 2.40. The highest BCUT2D eigenvalue weighted by atomic mass is 16.5. The lowest BCUT2D eigenvalue weighted by Gasteiger charge is -2.32. The van der Waals surface area contributed by atoms with Crippen LogP contribution in [-0.4, -0.2) is 23.7 Å². The quantitative estimate of drug-likeness (QED) is 0.587. The molecule has 0 aliphatic heterocycles. The summed E-state index contributed by atoms with van der Waals surface area (Å²) in [7, 11) is 0. The molecule has 0 aromatic rings. The number of hydrogen-bond donors (Lipinski definition) is 1. The van der Waals surface area contributed by atoms with Gasteiger partial charge in [0.1, 0.15) is 6.61 Å². The molecule has 3 atom stereocenters. The number of ether oxygens (including phenoxy) is 1. The molecular weight excluding hydrogens is 208 g/mol. The molecule has 0 radical (unpaired) electrons. The standard InChI is InChI=1S/C12H18O4/c1-3-7-16-12(15)10-8(2)5-4-6-9(10)11(13)14/h3,8-10H,1,4-7H2,2H3,(H,13,14). The fourth-order valence-corrected chi connectivity index (χ4v) is 2.33. The summed E-state index contributed by atoms with van der Waals surface area (Å²) in [4.78, 5) is 22.8. The van der Waals surface area contributed by atoms with Crippen LogP contribution in [0.25, 0.3) is 0 Å². The zero-order valence-electron chi connectivity index (χ0n) is 9.52. The van der Waals surface area contributed by atoms with Crippen LogP contribution >= 0.6 is 0 Å². The lowest BCUT2D eigenvalue weighted by atomic mass is 9.73. The molecular formula is C12H18O4. The predicted molar refractivity (Wildman–Crippen MR) is 58.8 cm³/mol. The Morgan fingerprint density at radius 2 is 2.19 bits per heavy atom. The lowest BCUT2D eigenvalue weighted by Crippen LogP contribution is -2.38. The van der Waals surface area contributed by atoms with Crippen molar-refractivity contribution in [2.24, 2.45) is 17.8 Å². The van der Waals surface area contributed by atoms with Crippen molar-refractivity contribution >= 4 is 11.9 Å². The highest BCUT2D eigenvalue weighted by molar-refractivity contribution is 5.81. The van der Waals surface area contributed by atoms with Crippen LogP contribution in [0.15, 0.2) is 12.7 Å². The molecule has 0 heterocycles. The summed E-state index contributed by atoms with van der Waals surface area (Å²) < 4.78 is 4.96. The minimum Gasteiger partial charge on any atom is -0.481 e. The number of rotatable bonds is 4. The van der Waals surface area contributed by atoms with Crippen LogP contribution < -0.4 is 0 Å². The van der Waals surface area contributed by atoms with E-state index in [0.717, 1.165) is 12.8 Å². The molecule has 0 aromatic carbocycles. The second-order valence-corrected chi connectivity index (χ2v) is 4.30. The summed E-state index contributed by atoms with van der Waals surface area (Å²) in [6.45, 7) is 5.52. The summed E-state index contributed by atoms with van der Waals surface area (Å²) in [5.74, 6) is -2.33. The summed E-state index contributed by atoms with van der Waals surface area (Å²) in [6.07, 6.45) is 3.80. The van der Waals surface area contributed by atoms with Gasteiger partial charge in [-0.15, -0.1) is 0 Å². The molecule has 0 spiro atoms. The van der Waals surface area contributed by atoms with E-state index in [2.05, 4.69) is 6.58 Å². The van der Waals surface area contributed by atoms with Gasteiger partial charge in [0.05, 0.1) is 11.8 Å². The Balaban J connectivity index is 2.73. The smallest absolute Gasteiger partial charge is 0.310 e. The van der Waals surface area contributed by atoms with Gasteiger partial charge in [0.2, 0.25) is 0 Å². The van der Waals surface area contributed by atoms with E-state index in [0.29, 0.717) is 6.42 Å². The molecule has 1 N–H and O–H groups in total. The van der Waals surface area contributed by atoms with Crippen LogP contribution in [0.3, 0.4) is 0 Å². The van der Waals surface area contributed by atoms with E-state index in [1.54, 1.807) is 0 Å². The Labute approximate surface area is 95.3 Å². The number of hydrogen-bond acceptors (Lipinski definition) is 3. The molecule has 0 bridgehead atoms. The van der Waals surface area contributed by atoms with Crippen LogP contribution in [0.4, 0.5) is 0 Å². The minimum absolute atomic E-state index is 0.0761. The van der Waals surface area contributed by atoms with Crippen LogP contribution in [-0.2, 0) is 14.3 Å². The van der Waals surface area contributed by atoms with Crippen LogP contribution in [0.1, 0.15) is 26.2 Å². The number of carbonyl (C=O) groups is 2. The molecule has 1 saturated carbocycles. The third-order valence-electron chi connectivity index (χ3n) is 3.15. The molecule has 0 amide bonds. The molecule has 16 heavy (non-hydrogen) atoms. The number of esters is 1. The zero-order chi connectivity index (χ0) is 12.1. The first-order valence-corrected chi connectivity index (χ1v) is 5.58. The van der Waals surface area contributed by atoms with Crippen molar-refractivity contribution in [2.75, 3.05) is 6.61 Å². The third-order valence-corrected chi connectivity index (χ3v) is 3.15. The van der Waals surface area contributed by atoms with Gasteiger partial charge in [-0.05, 0) is 18.8 Å². The second kappa shape index (κ2) is 5.68.